The van der Waals surface area contributed by atoms with E-state index in [9.17, 15) is 0 Å². The molecule has 3 nitrogen and oxygen atoms in total. The van der Waals surface area contributed by atoms with E-state index in [1.807, 2.05) is 0 Å². The lowest BCUT2D eigenvalue weighted by Gasteiger charge is -2.43. The SMILES string of the molecule is CN(C)CCc1c[nH]c2cccc(O[Si](c3ccccc3)(c3ccccc3)C(C)(C)C)c12. The van der Waals surface area contributed by atoms with Crippen molar-refractivity contribution in [3.05, 3.63) is 90.6 Å². The van der Waals surface area contributed by atoms with Crippen molar-refractivity contribution in [1.29, 1.82) is 0 Å². The van der Waals surface area contributed by atoms with Gasteiger partial charge in [0.25, 0.3) is 0 Å². The quantitative estimate of drug-likeness (QED) is 0.398. The van der Waals surface area contributed by atoms with Crippen molar-refractivity contribution >= 4 is 29.6 Å². The number of H-pyrrole nitrogens is 1. The minimum atomic E-state index is -2.67. The molecule has 0 fully saturated rings. The van der Waals surface area contributed by atoms with E-state index in [1.54, 1.807) is 0 Å². The van der Waals surface area contributed by atoms with Crippen LogP contribution in [-0.2, 0) is 6.42 Å². The van der Waals surface area contributed by atoms with Crippen LogP contribution in [0.5, 0.6) is 5.75 Å². The molecule has 4 rings (SSSR count). The Labute approximate surface area is 193 Å². The van der Waals surface area contributed by atoms with E-state index in [4.69, 9.17) is 4.43 Å². The van der Waals surface area contributed by atoms with Crippen LogP contribution in [0.25, 0.3) is 10.9 Å². The lowest BCUT2D eigenvalue weighted by Crippen LogP contribution is -2.68. The summed E-state index contributed by atoms with van der Waals surface area (Å²) in [6, 6.07) is 28.1. The molecule has 0 spiro atoms. The van der Waals surface area contributed by atoms with Gasteiger partial charge in [0, 0.05) is 23.6 Å². The van der Waals surface area contributed by atoms with E-state index >= 15 is 0 Å². The normalized spacial score (nSPS) is 12.4. The van der Waals surface area contributed by atoms with E-state index < -0.39 is 8.32 Å². The van der Waals surface area contributed by atoms with Crippen LogP contribution in [0.4, 0.5) is 0 Å². The summed E-state index contributed by atoms with van der Waals surface area (Å²) in [5.41, 5.74) is 2.44. The van der Waals surface area contributed by atoms with Crippen molar-refractivity contribution in [1.82, 2.24) is 9.88 Å². The van der Waals surface area contributed by atoms with Crippen molar-refractivity contribution in [2.45, 2.75) is 32.2 Å². The Morgan fingerprint density at radius 3 is 1.94 bits per heavy atom. The van der Waals surface area contributed by atoms with Crippen molar-refractivity contribution in [3.8, 4) is 5.75 Å². The molecule has 0 unspecified atom stereocenters. The zero-order valence-corrected chi connectivity index (χ0v) is 20.9. The van der Waals surface area contributed by atoms with Crippen LogP contribution in [-0.4, -0.2) is 38.8 Å². The average Bonchev–Trinajstić information content (AvgIpc) is 3.20. The van der Waals surface area contributed by atoms with Gasteiger partial charge in [-0.15, -0.1) is 0 Å². The second-order valence-corrected chi connectivity index (χ2v) is 14.0. The summed E-state index contributed by atoms with van der Waals surface area (Å²) in [4.78, 5) is 5.70. The predicted octanol–water partition coefficient (Wildman–Crippen LogP) is 5.21. The molecule has 0 atom stereocenters. The van der Waals surface area contributed by atoms with E-state index in [-0.39, 0.29) is 5.04 Å². The van der Waals surface area contributed by atoms with E-state index in [2.05, 4.69) is 130 Å². The van der Waals surface area contributed by atoms with Crippen LogP contribution in [0.3, 0.4) is 0 Å². The minimum Gasteiger partial charge on any atom is -0.534 e. The predicted molar refractivity (Wildman–Crippen MR) is 139 cm³/mol. The molecule has 4 aromatic rings. The molecule has 166 valence electrons. The monoisotopic (exact) mass is 442 g/mol. The number of hydrogen-bond acceptors (Lipinski definition) is 2. The number of benzene rings is 3. The minimum absolute atomic E-state index is 0.0715. The Kier molecular flexibility index (Phi) is 6.27. The first-order chi connectivity index (χ1) is 15.3. The third-order valence-electron chi connectivity index (χ3n) is 6.26. The highest BCUT2D eigenvalue weighted by molar-refractivity contribution is 7.00. The molecule has 1 N–H and O–H groups in total. The molecule has 1 aromatic heterocycles. The molecule has 3 aromatic carbocycles. The zero-order valence-electron chi connectivity index (χ0n) is 19.9. The van der Waals surface area contributed by atoms with Crippen LogP contribution >= 0.6 is 0 Å². The van der Waals surface area contributed by atoms with Crippen LogP contribution in [0.1, 0.15) is 26.3 Å². The molecule has 0 amide bonds. The Hall–Kier alpha value is -2.82. The lowest BCUT2D eigenvalue weighted by atomic mass is 10.1. The van der Waals surface area contributed by atoms with Crippen molar-refractivity contribution in [2.75, 3.05) is 20.6 Å². The molecule has 32 heavy (non-hydrogen) atoms. The molecule has 0 saturated heterocycles. The van der Waals surface area contributed by atoms with E-state index in [1.165, 1.54) is 21.3 Å². The summed E-state index contributed by atoms with van der Waals surface area (Å²) < 4.78 is 7.36. The maximum Gasteiger partial charge on any atom is 0.319 e. The molecular weight excluding hydrogens is 408 g/mol. The number of fused-ring (bicyclic) bond motifs is 1. The average molecular weight is 443 g/mol. The number of nitrogens with zero attached hydrogens (tertiary/aromatic N) is 1. The lowest BCUT2D eigenvalue weighted by molar-refractivity contribution is 0.414. The van der Waals surface area contributed by atoms with Crippen LogP contribution in [0.15, 0.2) is 85.1 Å². The Bertz CT molecular complexity index is 1120. The van der Waals surface area contributed by atoms with Gasteiger partial charge in [-0.05, 0) is 53.6 Å². The molecule has 0 aliphatic rings. The summed E-state index contributed by atoms with van der Waals surface area (Å²) in [6.45, 7) is 7.97. The first-order valence-corrected chi connectivity index (χ1v) is 13.3. The summed E-state index contributed by atoms with van der Waals surface area (Å²) in [7, 11) is 1.57. The molecule has 0 aliphatic carbocycles. The number of likely N-dealkylation sites (N-methyl/N-ethyl adjacent to an activating group) is 1. The Balaban J connectivity index is 1.93. The first kappa shape index (κ1) is 22.4. The highest BCUT2D eigenvalue weighted by Gasteiger charge is 2.52. The van der Waals surface area contributed by atoms with Gasteiger partial charge in [0.2, 0.25) is 0 Å². The first-order valence-electron chi connectivity index (χ1n) is 11.4. The molecule has 4 heteroatoms. The fourth-order valence-electron chi connectivity index (χ4n) is 4.66. The molecule has 0 saturated carbocycles. The Morgan fingerprint density at radius 1 is 0.812 bits per heavy atom. The number of aromatic amines is 1. The van der Waals surface area contributed by atoms with Crippen LogP contribution in [0, 0.1) is 0 Å². The fourth-order valence-corrected chi connectivity index (χ4v) is 9.09. The molecular formula is C28H34N2OSi. The molecule has 0 radical (unpaired) electrons. The number of nitrogens with one attached hydrogen (secondary N) is 1. The number of hydrogen-bond donors (Lipinski definition) is 1. The van der Waals surface area contributed by atoms with Gasteiger partial charge in [-0.1, -0.05) is 87.5 Å². The van der Waals surface area contributed by atoms with Crippen molar-refractivity contribution in [3.63, 3.8) is 0 Å². The summed E-state index contributed by atoms with van der Waals surface area (Å²) in [6.07, 6.45) is 3.13. The summed E-state index contributed by atoms with van der Waals surface area (Å²) >= 11 is 0. The van der Waals surface area contributed by atoms with Crippen LogP contribution in [0.2, 0.25) is 5.04 Å². The van der Waals surface area contributed by atoms with Gasteiger partial charge in [-0.25, -0.2) is 0 Å². The highest BCUT2D eigenvalue weighted by atomic mass is 28.4. The van der Waals surface area contributed by atoms with Crippen molar-refractivity contribution in [2.24, 2.45) is 0 Å². The van der Waals surface area contributed by atoms with Crippen molar-refractivity contribution < 1.29 is 4.43 Å². The molecule has 0 aliphatic heterocycles. The zero-order chi connectivity index (χ0) is 22.8. The highest BCUT2D eigenvalue weighted by Crippen LogP contribution is 2.40. The fraction of sp³-hybridized carbons (Fsp3) is 0.286. The van der Waals surface area contributed by atoms with E-state index in [0.29, 0.717) is 0 Å². The van der Waals surface area contributed by atoms with Gasteiger partial charge in [0.1, 0.15) is 5.75 Å². The molecule has 1 heterocycles. The van der Waals surface area contributed by atoms with Gasteiger partial charge in [-0.2, -0.15) is 0 Å². The third-order valence-corrected chi connectivity index (χ3v) is 11.2. The van der Waals surface area contributed by atoms with E-state index in [0.717, 1.165) is 24.2 Å². The van der Waals surface area contributed by atoms with Gasteiger partial charge < -0.3 is 14.3 Å². The maximum atomic E-state index is 7.36. The third kappa shape index (κ3) is 4.13. The summed E-state index contributed by atoms with van der Waals surface area (Å²) in [5, 5.41) is 3.72. The smallest absolute Gasteiger partial charge is 0.319 e. The van der Waals surface area contributed by atoms with Crippen LogP contribution < -0.4 is 14.8 Å². The largest absolute Gasteiger partial charge is 0.534 e. The maximum absolute atomic E-state index is 7.36. The summed E-state index contributed by atoms with van der Waals surface area (Å²) in [5.74, 6) is 0.979. The molecule has 0 bridgehead atoms. The second-order valence-electron chi connectivity index (χ2n) is 9.81. The topological polar surface area (TPSA) is 28.3 Å². The number of rotatable bonds is 7. The standard InChI is InChI=1S/C28H34N2OSi/c1-28(2,3)32(23-13-8-6-9-14-23,24-15-10-7-11-16-24)31-26-18-12-17-25-27(26)22(21-29-25)19-20-30(4)5/h6-18,21,29H,19-20H2,1-5H3. The Morgan fingerprint density at radius 2 is 1.41 bits per heavy atom. The van der Waals surface area contributed by atoms with Gasteiger partial charge in [-0.3, -0.25) is 0 Å². The second kappa shape index (κ2) is 8.97. The van der Waals surface area contributed by atoms with Gasteiger partial charge >= 0.3 is 8.32 Å². The van der Waals surface area contributed by atoms with Gasteiger partial charge in [0.05, 0.1) is 0 Å². The van der Waals surface area contributed by atoms with Gasteiger partial charge in [0.15, 0.2) is 0 Å². The number of aromatic nitrogens is 1.